The molecule has 1 atom stereocenters. The Balaban J connectivity index is 3.86. The van der Waals surface area contributed by atoms with Crippen molar-refractivity contribution in [3.05, 3.63) is 0 Å². The number of hydrogen-bond acceptors (Lipinski definition) is 3. The summed E-state index contributed by atoms with van der Waals surface area (Å²) in [6.45, 7) is 0. The van der Waals surface area contributed by atoms with E-state index in [0.717, 1.165) is 4.31 Å². The largest absolute Gasteiger partial charge is 0.306 e. The second-order valence-corrected chi connectivity index (χ2v) is 5.83. The molecule has 1 N–H and O–H groups in total. The van der Waals surface area contributed by atoms with Crippen LogP contribution < -0.4 is 0 Å². The first-order valence-electron chi connectivity index (χ1n) is 3.34. The predicted molar refractivity (Wildman–Crippen MR) is 47.7 cm³/mol. The van der Waals surface area contributed by atoms with Crippen LogP contribution in [0.5, 0.6) is 0 Å². The van der Waals surface area contributed by atoms with Crippen molar-refractivity contribution in [2.45, 2.75) is 6.42 Å². The summed E-state index contributed by atoms with van der Waals surface area (Å²) in [5.41, 5.74) is 0. The van der Waals surface area contributed by atoms with E-state index in [-0.39, 0.29) is 17.9 Å². The quantitative estimate of drug-likeness (QED) is 0.627. The molecular weight excluding hydrogens is 202 g/mol. The number of rotatable bonds is 5. The molecule has 0 bridgehead atoms. The molecule has 0 aromatic rings. The molecule has 0 rings (SSSR count). The summed E-state index contributed by atoms with van der Waals surface area (Å²) in [5.74, 6) is -0.0701. The second kappa shape index (κ2) is 4.90. The molecule has 0 fully saturated rings. The van der Waals surface area contributed by atoms with Crippen molar-refractivity contribution in [1.29, 1.82) is 0 Å². The summed E-state index contributed by atoms with van der Waals surface area (Å²) in [6.07, 6.45) is 0.212. The fourth-order valence-electron chi connectivity index (χ4n) is 0.547. The monoisotopic (exact) mass is 215 g/mol. The van der Waals surface area contributed by atoms with Gasteiger partial charge in [-0.25, -0.2) is 16.9 Å². The van der Waals surface area contributed by atoms with Crippen LogP contribution in [0.2, 0.25) is 0 Å². The van der Waals surface area contributed by atoms with E-state index in [1.165, 1.54) is 14.1 Å². The highest BCUT2D eigenvalue weighted by Gasteiger charge is 2.12. The molecule has 0 aromatic heterocycles. The highest BCUT2D eigenvalue weighted by molar-refractivity contribution is 7.89. The molecule has 7 heteroatoms. The maximum atomic E-state index is 11.1. The molecule has 74 valence electrons. The van der Waals surface area contributed by atoms with Gasteiger partial charge in [-0.1, -0.05) is 0 Å². The molecule has 1 unspecified atom stereocenters. The Hall–Kier alpha value is 0.0200. The van der Waals surface area contributed by atoms with E-state index >= 15 is 0 Å². The lowest BCUT2D eigenvalue weighted by Crippen LogP contribution is -2.25. The van der Waals surface area contributed by atoms with Gasteiger partial charge in [0.25, 0.3) is 0 Å². The molecule has 0 aliphatic rings. The Morgan fingerprint density at radius 2 is 1.92 bits per heavy atom. The normalized spacial score (nSPS) is 15.0. The third-order valence-corrected chi connectivity index (χ3v) is 3.83. The average molecular weight is 215 g/mol. The SMILES string of the molecule is CN(C)S(=O)(=O)CCCS(=O)O. The van der Waals surface area contributed by atoms with Crippen molar-refractivity contribution in [1.82, 2.24) is 4.31 Å². The molecule has 5 nitrogen and oxygen atoms in total. The molecule has 0 radical (unpaired) electrons. The highest BCUT2D eigenvalue weighted by Crippen LogP contribution is 1.97. The molecular formula is C5H13NO4S2. The number of sulfonamides is 1. The summed E-state index contributed by atoms with van der Waals surface area (Å²) in [5, 5.41) is 0. The number of nitrogens with zero attached hydrogens (tertiary/aromatic N) is 1. The van der Waals surface area contributed by atoms with Gasteiger partial charge in [0.1, 0.15) is 0 Å². The van der Waals surface area contributed by atoms with Crippen molar-refractivity contribution in [3.63, 3.8) is 0 Å². The first-order chi connectivity index (χ1) is 5.36. The lowest BCUT2D eigenvalue weighted by molar-refractivity contribution is 0.519. The molecule has 0 saturated carbocycles. The summed E-state index contributed by atoms with van der Waals surface area (Å²) in [6, 6.07) is 0. The maximum Gasteiger partial charge on any atom is 0.213 e. The standard InChI is InChI=1S/C5H13NO4S2/c1-6(2)12(9,10)5-3-4-11(7)8/h3-5H2,1-2H3,(H,7,8). The van der Waals surface area contributed by atoms with Crippen LogP contribution in [0.4, 0.5) is 0 Å². The first-order valence-corrected chi connectivity index (χ1v) is 6.22. The van der Waals surface area contributed by atoms with Crippen LogP contribution in [-0.4, -0.2) is 47.1 Å². The smallest absolute Gasteiger partial charge is 0.213 e. The molecule has 0 spiro atoms. The van der Waals surface area contributed by atoms with E-state index in [0.29, 0.717) is 0 Å². The lowest BCUT2D eigenvalue weighted by atomic mass is 10.6. The van der Waals surface area contributed by atoms with Gasteiger partial charge in [0, 0.05) is 14.1 Å². The van der Waals surface area contributed by atoms with Crippen LogP contribution in [0, 0.1) is 0 Å². The van der Waals surface area contributed by atoms with E-state index in [1.807, 2.05) is 0 Å². The molecule has 0 heterocycles. The maximum absolute atomic E-state index is 11.1. The van der Waals surface area contributed by atoms with Crippen LogP contribution in [0.15, 0.2) is 0 Å². The zero-order valence-electron chi connectivity index (χ0n) is 7.06. The van der Waals surface area contributed by atoms with E-state index in [1.54, 1.807) is 0 Å². The summed E-state index contributed by atoms with van der Waals surface area (Å²) in [4.78, 5) is 0. The Morgan fingerprint density at radius 1 is 1.42 bits per heavy atom. The molecule has 0 aliphatic carbocycles. The van der Waals surface area contributed by atoms with Crippen molar-refractivity contribution in [3.8, 4) is 0 Å². The third kappa shape index (κ3) is 4.81. The van der Waals surface area contributed by atoms with E-state index < -0.39 is 21.1 Å². The van der Waals surface area contributed by atoms with Gasteiger partial charge in [0.05, 0.1) is 11.5 Å². The van der Waals surface area contributed by atoms with Gasteiger partial charge >= 0.3 is 0 Å². The zero-order valence-corrected chi connectivity index (χ0v) is 8.69. The average Bonchev–Trinajstić information content (AvgIpc) is 1.85. The predicted octanol–water partition coefficient (Wildman–Crippen LogP) is -0.510. The molecule has 0 amide bonds. The van der Waals surface area contributed by atoms with Crippen LogP contribution in [0.3, 0.4) is 0 Å². The molecule has 0 aliphatic heterocycles. The number of hydrogen-bond donors (Lipinski definition) is 1. The highest BCUT2D eigenvalue weighted by atomic mass is 32.2. The van der Waals surface area contributed by atoms with Crippen molar-refractivity contribution in [2.75, 3.05) is 25.6 Å². The Labute approximate surface area is 75.1 Å². The first kappa shape index (κ1) is 12.0. The van der Waals surface area contributed by atoms with Crippen LogP contribution in [-0.2, 0) is 21.1 Å². The zero-order chi connectivity index (χ0) is 9.78. The van der Waals surface area contributed by atoms with Crippen LogP contribution in [0.25, 0.3) is 0 Å². The minimum absolute atomic E-state index is 0.00701. The Morgan fingerprint density at radius 3 is 2.25 bits per heavy atom. The second-order valence-electron chi connectivity index (χ2n) is 2.48. The fraction of sp³-hybridized carbons (Fsp3) is 1.00. The Bertz CT molecular complexity index is 246. The van der Waals surface area contributed by atoms with Gasteiger partial charge in [-0.2, -0.15) is 0 Å². The lowest BCUT2D eigenvalue weighted by Gasteiger charge is -2.09. The van der Waals surface area contributed by atoms with E-state index in [4.69, 9.17) is 4.55 Å². The van der Waals surface area contributed by atoms with Gasteiger partial charge in [-0.15, -0.1) is 0 Å². The van der Waals surface area contributed by atoms with Crippen LogP contribution in [0.1, 0.15) is 6.42 Å². The van der Waals surface area contributed by atoms with Gasteiger partial charge < -0.3 is 4.55 Å². The molecule has 0 aromatic carbocycles. The minimum Gasteiger partial charge on any atom is -0.306 e. The van der Waals surface area contributed by atoms with Crippen molar-refractivity contribution in [2.24, 2.45) is 0 Å². The van der Waals surface area contributed by atoms with Gasteiger partial charge in [0.2, 0.25) is 10.0 Å². The van der Waals surface area contributed by atoms with Gasteiger partial charge in [0.15, 0.2) is 11.1 Å². The van der Waals surface area contributed by atoms with Crippen molar-refractivity contribution >= 4 is 21.1 Å². The minimum atomic E-state index is -3.21. The molecule has 12 heavy (non-hydrogen) atoms. The van der Waals surface area contributed by atoms with Gasteiger partial charge in [-0.05, 0) is 6.42 Å². The summed E-state index contributed by atoms with van der Waals surface area (Å²) >= 11 is -1.90. The van der Waals surface area contributed by atoms with Gasteiger partial charge in [-0.3, -0.25) is 0 Å². The van der Waals surface area contributed by atoms with Crippen LogP contribution >= 0.6 is 0 Å². The topological polar surface area (TPSA) is 74.7 Å². The van der Waals surface area contributed by atoms with Crippen molar-refractivity contribution < 1.29 is 17.2 Å². The van der Waals surface area contributed by atoms with E-state index in [2.05, 4.69) is 0 Å². The summed E-state index contributed by atoms with van der Waals surface area (Å²) in [7, 11) is -0.335. The molecule has 0 saturated heterocycles. The Kier molecular flexibility index (Phi) is 4.91. The third-order valence-electron chi connectivity index (χ3n) is 1.28. The van der Waals surface area contributed by atoms with E-state index in [9.17, 15) is 12.6 Å². The summed E-state index contributed by atoms with van der Waals surface area (Å²) < 4.78 is 41.7. The fourth-order valence-corrected chi connectivity index (χ4v) is 2.00.